The molecular formula is C26H30O3. The average Bonchev–Trinajstić information content (AvgIpc) is 2.75. The van der Waals surface area contributed by atoms with E-state index in [0.717, 1.165) is 30.9 Å². The first-order valence-electron chi connectivity index (χ1n) is 10.3. The molecule has 3 nitrogen and oxygen atoms in total. The van der Waals surface area contributed by atoms with Crippen molar-refractivity contribution in [3.63, 3.8) is 0 Å². The van der Waals surface area contributed by atoms with Gasteiger partial charge in [0.25, 0.3) is 0 Å². The summed E-state index contributed by atoms with van der Waals surface area (Å²) in [4.78, 5) is 0. The Balaban J connectivity index is 1.40. The van der Waals surface area contributed by atoms with Crippen molar-refractivity contribution in [3.8, 4) is 11.5 Å². The van der Waals surface area contributed by atoms with Gasteiger partial charge in [0.1, 0.15) is 18.1 Å². The summed E-state index contributed by atoms with van der Waals surface area (Å²) in [5.41, 5.74) is 3.67. The van der Waals surface area contributed by atoms with Gasteiger partial charge in [-0.3, -0.25) is 0 Å². The SMILES string of the molecule is CCOC(C)Cc1ccc(OCCc2ccc(OCc3ccccc3)cc2)cc1. The normalized spacial score (nSPS) is 11.8. The summed E-state index contributed by atoms with van der Waals surface area (Å²) in [5.74, 6) is 1.79. The largest absolute Gasteiger partial charge is 0.493 e. The fraction of sp³-hybridized carbons (Fsp3) is 0.308. The Morgan fingerprint density at radius 1 is 0.690 bits per heavy atom. The van der Waals surface area contributed by atoms with Crippen molar-refractivity contribution >= 4 is 0 Å². The molecule has 0 saturated heterocycles. The Hall–Kier alpha value is -2.78. The van der Waals surface area contributed by atoms with Gasteiger partial charge >= 0.3 is 0 Å². The first-order valence-corrected chi connectivity index (χ1v) is 10.3. The number of hydrogen-bond acceptors (Lipinski definition) is 3. The summed E-state index contributed by atoms with van der Waals surface area (Å²) >= 11 is 0. The molecule has 0 aliphatic heterocycles. The quantitative estimate of drug-likeness (QED) is 0.411. The van der Waals surface area contributed by atoms with Crippen molar-refractivity contribution in [2.24, 2.45) is 0 Å². The van der Waals surface area contributed by atoms with E-state index in [4.69, 9.17) is 14.2 Å². The van der Waals surface area contributed by atoms with E-state index in [1.54, 1.807) is 0 Å². The van der Waals surface area contributed by atoms with Gasteiger partial charge in [-0.2, -0.15) is 0 Å². The molecule has 0 aromatic heterocycles. The molecule has 0 radical (unpaired) electrons. The van der Waals surface area contributed by atoms with Crippen LogP contribution in [-0.4, -0.2) is 19.3 Å². The first-order chi connectivity index (χ1) is 14.2. The highest BCUT2D eigenvalue weighted by molar-refractivity contribution is 5.29. The molecule has 0 heterocycles. The third-order valence-corrected chi connectivity index (χ3v) is 4.73. The van der Waals surface area contributed by atoms with E-state index in [1.165, 1.54) is 16.7 Å². The standard InChI is InChI=1S/C26H30O3/c1-3-27-21(2)19-23-11-15-25(16-12-23)28-18-17-22-9-13-26(14-10-22)29-20-24-7-5-4-6-8-24/h4-16,21H,3,17-20H2,1-2H3. The van der Waals surface area contributed by atoms with Crippen molar-refractivity contribution < 1.29 is 14.2 Å². The maximum atomic E-state index is 5.89. The van der Waals surface area contributed by atoms with E-state index in [2.05, 4.69) is 43.3 Å². The summed E-state index contributed by atoms with van der Waals surface area (Å²) < 4.78 is 17.3. The predicted molar refractivity (Wildman–Crippen MR) is 118 cm³/mol. The van der Waals surface area contributed by atoms with Crippen LogP contribution in [-0.2, 0) is 24.2 Å². The Bertz CT molecular complexity index is 826. The fourth-order valence-electron chi connectivity index (χ4n) is 3.18. The van der Waals surface area contributed by atoms with Gasteiger partial charge in [-0.05, 0) is 61.2 Å². The van der Waals surface area contributed by atoms with Crippen LogP contribution in [0.1, 0.15) is 30.5 Å². The molecule has 152 valence electrons. The highest BCUT2D eigenvalue weighted by atomic mass is 16.5. The van der Waals surface area contributed by atoms with Crippen LogP contribution >= 0.6 is 0 Å². The highest BCUT2D eigenvalue weighted by Gasteiger charge is 2.04. The van der Waals surface area contributed by atoms with Crippen molar-refractivity contribution in [3.05, 3.63) is 95.6 Å². The maximum absolute atomic E-state index is 5.89. The minimum absolute atomic E-state index is 0.242. The zero-order valence-electron chi connectivity index (χ0n) is 17.3. The van der Waals surface area contributed by atoms with Crippen LogP contribution in [0.25, 0.3) is 0 Å². The van der Waals surface area contributed by atoms with E-state index >= 15 is 0 Å². The second kappa shape index (κ2) is 11.3. The first kappa shape index (κ1) is 20.9. The molecule has 1 unspecified atom stereocenters. The lowest BCUT2D eigenvalue weighted by molar-refractivity contribution is 0.0768. The van der Waals surface area contributed by atoms with Gasteiger partial charge in [-0.25, -0.2) is 0 Å². The minimum Gasteiger partial charge on any atom is -0.493 e. The van der Waals surface area contributed by atoms with Gasteiger partial charge < -0.3 is 14.2 Å². The molecule has 29 heavy (non-hydrogen) atoms. The van der Waals surface area contributed by atoms with Gasteiger partial charge in [-0.15, -0.1) is 0 Å². The third-order valence-electron chi connectivity index (χ3n) is 4.73. The van der Waals surface area contributed by atoms with Gasteiger partial charge in [0.05, 0.1) is 12.7 Å². The highest BCUT2D eigenvalue weighted by Crippen LogP contribution is 2.17. The fourth-order valence-corrected chi connectivity index (χ4v) is 3.18. The lowest BCUT2D eigenvalue weighted by Gasteiger charge is -2.12. The molecule has 0 aliphatic carbocycles. The van der Waals surface area contributed by atoms with Crippen LogP contribution in [0.15, 0.2) is 78.9 Å². The van der Waals surface area contributed by atoms with E-state index in [1.807, 2.05) is 49.4 Å². The molecule has 0 amide bonds. The second-order valence-electron chi connectivity index (χ2n) is 7.13. The number of ether oxygens (including phenoxy) is 3. The Morgan fingerprint density at radius 3 is 1.97 bits per heavy atom. The Kier molecular flexibility index (Phi) is 8.14. The zero-order valence-corrected chi connectivity index (χ0v) is 17.3. The molecule has 0 spiro atoms. The van der Waals surface area contributed by atoms with Gasteiger partial charge in [-0.1, -0.05) is 54.6 Å². The van der Waals surface area contributed by atoms with Gasteiger partial charge in [0, 0.05) is 13.0 Å². The number of rotatable bonds is 11. The molecule has 0 N–H and O–H groups in total. The molecule has 3 aromatic carbocycles. The van der Waals surface area contributed by atoms with Crippen LogP contribution in [0.4, 0.5) is 0 Å². The van der Waals surface area contributed by atoms with E-state index in [0.29, 0.717) is 13.2 Å². The second-order valence-corrected chi connectivity index (χ2v) is 7.13. The molecule has 0 bridgehead atoms. The summed E-state index contributed by atoms with van der Waals surface area (Å²) in [6.07, 6.45) is 2.03. The molecule has 1 atom stereocenters. The maximum Gasteiger partial charge on any atom is 0.119 e. The average molecular weight is 391 g/mol. The molecule has 0 saturated carbocycles. The topological polar surface area (TPSA) is 27.7 Å². The predicted octanol–water partition coefficient (Wildman–Crippen LogP) is 5.85. The zero-order chi connectivity index (χ0) is 20.3. The van der Waals surface area contributed by atoms with Crippen molar-refractivity contribution in [1.29, 1.82) is 0 Å². The Morgan fingerprint density at radius 2 is 1.31 bits per heavy atom. The lowest BCUT2D eigenvalue weighted by Crippen LogP contribution is -2.11. The summed E-state index contributed by atoms with van der Waals surface area (Å²) in [7, 11) is 0. The van der Waals surface area contributed by atoms with Gasteiger partial charge in [0.15, 0.2) is 0 Å². The monoisotopic (exact) mass is 390 g/mol. The lowest BCUT2D eigenvalue weighted by atomic mass is 10.1. The van der Waals surface area contributed by atoms with Crippen LogP contribution < -0.4 is 9.47 Å². The molecule has 3 heteroatoms. The molecule has 0 aliphatic rings. The molecule has 3 rings (SSSR count). The molecule has 0 fully saturated rings. The van der Waals surface area contributed by atoms with Crippen molar-refractivity contribution in [2.75, 3.05) is 13.2 Å². The molecular weight excluding hydrogens is 360 g/mol. The summed E-state index contributed by atoms with van der Waals surface area (Å²) in [6.45, 7) is 6.12. The number of hydrogen-bond donors (Lipinski definition) is 0. The van der Waals surface area contributed by atoms with E-state index in [9.17, 15) is 0 Å². The molecule has 3 aromatic rings. The van der Waals surface area contributed by atoms with Crippen LogP contribution in [0, 0.1) is 0 Å². The van der Waals surface area contributed by atoms with Crippen molar-refractivity contribution in [1.82, 2.24) is 0 Å². The van der Waals surface area contributed by atoms with Crippen LogP contribution in [0.3, 0.4) is 0 Å². The minimum atomic E-state index is 0.242. The Labute approximate surface area is 174 Å². The number of benzene rings is 3. The van der Waals surface area contributed by atoms with E-state index in [-0.39, 0.29) is 6.10 Å². The summed E-state index contributed by atoms with van der Waals surface area (Å²) in [5, 5.41) is 0. The van der Waals surface area contributed by atoms with E-state index < -0.39 is 0 Å². The van der Waals surface area contributed by atoms with Crippen LogP contribution in [0.2, 0.25) is 0 Å². The summed E-state index contributed by atoms with van der Waals surface area (Å²) in [6, 6.07) is 26.7. The third kappa shape index (κ3) is 7.28. The van der Waals surface area contributed by atoms with Gasteiger partial charge in [0.2, 0.25) is 0 Å². The van der Waals surface area contributed by atoms with Crippen molar-refractivity contribution in [2.45, 2.75) is 39.4 Å². The van der Waals surface area contributed by atoms with Crippen LogP contribution in [0.5, 0.6) is 11.5 Å². The smallest absolute Gasteiger partial charge is 0.119 e.